The number of nitrogens with one attached hydrogen (secondary N) is 1. The van der Waals surface area contributed by atoms with Crippen molar-refractivity contribution in [2.45, 2.75) is 6.54 Å². The van der Waals surface area contributed by atoms with Crippen LogP contribution in [0.5, 0.6) is 0 Å². The summed E-state index contributed by atoms with van der Waals surface area (Å²) in [4.78, 5) is 12.4. The highest BCUT2D eigenvalue weighted by Gasteiger charge is 2.09. The predicted octanol–water partition coefficient (Wildman–Crippen LogP) is 3.93. The van der Waals surface area contributed by atoms with Gasteiger partial charge in [-0.3, -0.25) is 10.1 Å². The van der Waals surface area contributed by atoms with E-state index in [1.807, 2.05) is 43.3 Å². The molecule has 0 atom stereocenters. The number of hydrogen-bond donors (Lipinski definition) is 1. The summed E-state index contributed by atoms with van der Waals surface area (Å²) in [6, 6.07) is 12.3. The molecule has 0 aliphatic rings. The topological polar surface area (TPSA) is 58.4 Å². The van der Waals surface area contributed by atoms with Crippen molar-refractivity contribution in [3.8, 4) is 0 Å². The molecule has 0 amide bonds. The maximum Gasteiger partial charge on any atom is 0.269 e. The summed E-state index contributed by atoms with van der Waals surface area (Å²) in [5.41, 5.74) is 2.74. The number of nitro benzene ring substituents is 1. The SMILES string of the molecule is CN(C)c1cccc(NCc2cc([N+](=O)[O-])ccc2Cl)c1. The molecule has 1 N–H and O–H groups in total. The molecule has 21 heavy (non-hydrogen) atoms. The summed E-state index contributed by atoms with van der Waals surface area (Å²) in [5.74, 6) is 0. The fourth-order valence-electron chi connectivity index (χ4n) is 1.90. The summed E-state index contributed by atoms with van der Waals surface area (Å²) >= 11 is 6.08. The van der Waals surface area contributed by atoms with Crippen LogP contribution in [0.2, 0.25) is 5.02 Å². The maximum absolute atomic E-state index is 10.8. The maximum atomic E-state index is 10.8. The van der Waals surface area contributed by atoms with E-state index in [1.54, 1.807) is 6.07 Å². The summed E-state index contributed by atoms with van der Waals surface area (Å²) < 4.78 is 0. The zero-order chi connectivity index (χ0) is 15.4. The number of hydrogen-bond acceptors (Lipinski definition) is 4. The van der Waals surface area contributed by atoms with Crippen molar-refractivity contribution in [2.24, 2.45) is 0 Å². The van der Waals surface area contributed by atoms with E-state index in [0.29, 0.717) is 17.1 Å². The van der Waals surface area contributed by atoms with Crippen LogP contribution in [0.25, 0.3) is 0 Å². The largest absolute Gasteiger partial charge is 0.381 e. The molecule has 0 spiro atoms. The monoisotopic (exact) mass is 305 g/mol. The van der Waals surface area contributed by atoms with Gasteiger partial charge in [0.1, 0.15) is 0 Å². The van der Waals surface area contributed by atoms with Crippen LogP contribution in [0, 0.1) is 10.1 Å². The van der Waals surface area contributed by atoms with Crippen LogP contribution < -0.4 is 10.2 Å². The van der Waals surface area contributed by atoms with Gasteiger partial charge in [-0.15, -0.1) is 0 Å². The molecular weight excluding hydrogens is 290 g/mol. The Morgan fingerprint density at radius 3 is 2.67 bits per heavy atom. The fraction of sp³-hybridized carbons (Fsp3) is 0.200. The normalized spacial score (nSPS) is 10.2. The van der Waals surface area contributed by atoms with Crippen molar-refractivity contribution in [2.75, 3.05) is 24.3 Å². The lowest BCUT2D eigenvalue weighted by Gasteiger charge is -2.14. The van der Waals surface area contributed by atoms with Crippen molar-refractivity contribution in [3.63, 3.8) is 0 Å². The molecule has 110 valence electrons. The van der Waals surface area contributed by atoms with Gasteiger partial charge in [-0.05, 0) is 29.8 Å². The number of nitrogens with zero attached hydrogens (tertiary/aromatic N) is 2. The lowest BCUT2D eigenvalue weighted by Crippen LogP contribution is -2.09. The molecule has 0 aliphatic heterocycles. The van der Waals surface area contributed by atoms with E-state index in [-0.39, 0.29) is 5.69 Å². The van der Waals surface area contributed by atoms with Gasteiger partial charge in [-0.1, -0.05) is 17.7 Å². The lowest BCUT2D eigenvalue weighted by molar-refractivity contribution is -0.384. The number of nitro groups is 1. The third-order valence-corrected chi connectivity index (χ3v) is 3.45. The number of anilines is 2. The molecule has 5 nitrogen and oxygen atoms in total. The molecule has 0 fully saturated rings. The Bertz CT molecular complexity index is 659. The lowest BCUT2D eigenvalue weighted by atomic mass is 10.2. The fourth-order valence-corrected chi connectivity index (χ4v) is 2.09. The molecule has 0 unspecified atom stereocenters. The van der Waals surface area contributed by atoms with E-state index in [4.69, 9.17) is 11.6 Å². The van der Waals surface area contributed by atoms with Crippen LogP contribution in [-0.4, -0.2) is 19.0 Å². The van der Waals surface area contributed by atoms with Gasteiger partial charge in [-0.25, -0.2) is 0 Å². The van der Waals surface area contributed by atoms with E-state index in [9.17, 15) is 10.1 Å². The zero-order valence-corrected chi connectivity index (χ0v) is 12.6. The first-order chi connectivity index (χ1) is 9.97. The molecule has 0 bridgehead atoms. The average Bonchev–Trinajstić information content (AvgIpc) is 2.46. The molecule has 0 aromatic heterocycles. The molecule has 0 saturated carbocycles. The first-order valence-electron chi connectivity index (χ1n) is 6.41. The van der Waals surface area contributed by atoms with E-state index >= 15 is 0 Å². The molecule has 2 aromatic rings. The molecule has 0 radical (unpaired) electrons. The summed E-state index contributed by atoms with van der Waals surface area (Å²) in [6.45, 7) is 0.428. The van der Waals surface area contributed by atoms with Crippen LogP contribution in [0.3, 0.4) is 0 Å². The summed E-state index contributed by atoms with van der Waals surface area (Å²) in [5, 5.41) is 14.5. The van der Waals surface area contributed by atoms with Crippen LogP contribution in [0.1, 0.15) is 5.56 Å². The summed E-state index contributed by atoms with van der Waals surface area (Å²) in [7, 11) is 3.94. The molecule has 2 aromatic carbocycles. The van der Waals surface area contributed by atoms with Crippen molar-refractivity contribution < 1.29 is 4.92 Å². The van der Waals surface area contributed by atoms with Crippen molar-refractivity contribution in [1.82, 2.24) is 0 Å². The van der Waals surface area contributed by atoms with Gasteiger partial charge in [0.15, 0.2) is 0 Å². The number of benzene rings is 2. The number of halogens is 1. The van der Waals surface area contributed by atoms with Gasteiger partial charge < -0.3 is 10.2 Å². The molecule has 6 heteroatoms. The summed E-state index contributed by atoms with van der Waals surface area (Å²) in [6.07, 6.45) is 0. The molecule has 0 heterocycles. The second kappa shape index (κ2) is 6.45. The third-order valence-electron chi connectivity index (χ3n) is 3.09. The average molecular weight is 306 g/mol. The van der Waals surface area contributed by atoms with Crippen molar-refractivity contribution >= 4 is 28.7 Å². The van der Waals surface area contributed by atoms with Crippen LogP contribution in [0.4, 0.5) is 17.1 Å². The minimum Gasteiger partial charge on any atom is -0.381 e. The minimum absolute atomic E-state index is 0.0400. The number of rotatable bonds is 5. The number of non-ortho nitro benzene ring substituents is 1. The van der Waals surface area contributed by atoms with E-state index in [0.717, 1.165) is 11.4 Å². The Hall–Kier alpha value is -2.27. The highest BCUT2D eigenvalue weighted by molar-refractivity contribution is 6.31. The standard InChI is InChI=1S/C15H16ClN3O2/c1-18(2)13-5-3-4-12(9-13)17-10-11-8-14(19(20)21)6-7-15(11)16/h3-9,17H,10H2,1-2H3. The molecule has 2 rings (SSSR count). The first-order valence-corrected chi connectivity index (χ1v) is 6.79. The van der Waals surface area contributed by atoms with E-state index in [1.165, 1.54) is 12.1 Å². The van der Waals surface area contributed by atoms with E-state index < -0.39 is 4.92 Å². The molecule has 0 saturated heterocycles. The Kier molecular flexibility index (Phi) is 4.65. The molecule has 0 aliphatic carbocycles. The first kappa shape index (κ1) is 15.1. The van der Waals surface area contributed by atoms with E-state index in [2.05, 4.69) is 5.32 Å². The smallest absolute Gasteiger partial charge is 0.269 e. The Balaban J connectivity index is 2.14. The highest BCUT2D eigenvalue weighted by Crippen LogP contribution is 2.24. The Morgan fingerprint density at radius 1 is 1.24 bits per heavy atom. The molecular formula is C15H16ClN3O2. The van der Waals surface area contributed by atoms with Crippen molar-refractivity contribution in [1.29, 1.82) is 0 Å². The van der Waals surface area contributed by atoms with Gasteiger partial charge in [0.2, 0.25) is 0 Å². The van der Waals surface area contributed by atoms with Gasteiger partial charge >= 0.3 is 0 Å². The van der Waals surface area contributed by atoms with Gasteiger partial charge in [0, 0.05) is 49.2 Å². The predicted molar refractivity (Wildman–Crippen MR) is 86.2 cm³/mol. The van der Waals surface area contributed by atoms with Gasteiger partial charge in [0.05, 0.1) is 4.92 Å². The Labute approximate surface area is 128 Å². The second-order valence-electron chi connectivity index (χ2n) is 4.83. The minimum atomic E-state index is -0.424. The van der Waals surface area contributed by atoms with Gasteiger partial charge in [-0.2, -0.15) is 0 Å². The van der Waals surface area contributed by atoms with Crippen LogP contribution in [0.15, 0.2) is 42.5 Å². The Morgan fingerprint density at radius 2 is 2.00 bits per heavy atom. The second-order valence-corrected chi connectivity index (χ2v) is 5.24. The zero-order valence-electron chi connectivity index (χ0n) is 11.8. The van der Waals surface area contributed by atoms with Crippen molar-refractivity contribution in [3.05, 3.63) is 63.2 Å². The third kappa shape index (κ3) is 3.86. The van der Waals surface area contributed by atoms with Crippen LogP contribution in [-0.2, 0) is 6.54 Å². The van der Waals surface area contributed by atoms with Gasteiger partial charge in [0.25, 0.3) is 5.69 Å². The van der Waals surface area contributed by atoms with Crippen LogP contribution >= 0.6 is 11.6 Å². The quantitative estimate of drug-likeness (QED) is 0.672. The highest BCUT2D eigenvalue weighted by atomic mass is 35.5.